The molecular weight excluding hydrogens is 234 g/mol. The first-order valence-corrected chi connectivity index (χ1v) is 7.27. The van der Waals surface area contributed by atoms with E-state index in [0.29, 0.717) is 6.04 Å². The molecule has 1 aromatic rings. The zero-order valence-electron chi connectivity index (χ0n) is 13.3. The van der Waals surface area contributed by atoms with Crippen molar-refractivity contribution in [3.63, 3.8) is 0 Å². The fourth-order valence-corrected chi connectivity index (χ4v) is 2.27. The molecule has 0 aliphatic carbocycles. The molecule has 0 bridgehead atoms. The van der Waals surface area contributed by atoms with Gasteiger partial charge >= 0.3 is 0 Å². The van der Waals surface area contributed by atoms with E-state index in [-0.39, 0.29) is 5.41 Å². The van der Waals surface area contributed by atoms with Crippen LogP contribution in [0.5, 0.6) is 5.75 Å². The maximum absolute atomic E-state index is 5.50. The highest BCUT2D eigenvalue weighted by molar-refractivity contribution is 5.37. The van der Waals surface area contributed by atoms with Gasteiger partial charge in [0.1, 0.15) is 5.75 Å². The number of hydrogen-bond acceptors (Lipinski definition) is 2. The zero-order valence-corrected chi connectivity index (χ0v) is 13.3. The number of benzene rings is 1. The van der Waals surface area contributed by atoms with E-state index in [1.807, 2.05) is 0 Å². The van der Waals surface area contributed by atoms with Gasteiger partial charge in [0.2, 0.25) is 0 Å². The Morgan fingerprint density at radius 2 is 2.00 bits per heavy atom. The minimum absolute atomic E-state index is 0.269. The van der Waals surface area contributed by atoms with Gasteiger partial charge in [0.05, 0.1) is 7.11 Å². The van der Waals surface area contributed by atoms with E-state index in [2.05, 4.69) is 58.1 Å². The summed E-state index contributed by atoms with van der Waals surface area (Å²) in [5, 5.41) is 3.57. The minimum Gasteiger partial charge on any atom is -0.496 e. The van der Waals surface area contributed by atoms with Crippen molar-refractivity contribution in [2.24, 2.45) is 5.41 Å². The third-order valence-corrected chi connectivity index (χ3v) is 3.84. The molecule has 0 heterocycles. The summed E-state index contributed by atoms with van der Waals surface area (Å²) in [6.45, 7) is 12.2. The average Bonchev–Trinajstić information content (AvgIpc) is 2.37. The predicted molar refractivity (Wildman–Crippen MR) is 83.0 cm³/mol. The van der Waals surface area contributed by atoms with E-state index in [4.69, 9.17) is 4.74 Å². The summed E-state index contributed by atoms with van der Waals surface area (Å²) in [7, 11) is 1.75. The van der Waals surface area contributed by atoms with Crippen molar-refractivity contribution >= 4 is 0 Å². The summed E-state index contributed by atoms with van der Waals surface area (Å²) in [6.07, 6.45) is 2.21. The maximum Gasteiger partial charge on any atom is 0.122 e. The molecule has 2 heteroatoms. The van der Waals surface area contributed by atoms with Gasteiger partial charge in [-0.1, -0.05) is 45.4 Å². The van der Waals surface area contributed by atoms with Crippen LogP contribution < -0.4 is 10.1 Å². The second kappa shape index (κ2) is 6.95. The molecule has 0 saturated carbocycles. The summed E-state index contributed by atoms with van der Waals surface area (Å²) in [5.41, 5.74) is 2.88. The first-order chi connectivity index (χ1) is 8.90. The zero-order chi connectivity index (χ0) is 14.5. The van der Waals surface area contributed by atoms with Crippen LogP contribution in [0.25, 0.3) is 0 Å². The van der Waals surface area contributed by atoms with Crippen LogP contribution >= 0.6 is 0 Å². The molecule has 1 aromatic carbocycles. The van der Waals surface area contributed by atoms with Gasteiger partial charge in [-0.15, -0.1) is 0 Å². The molecule has 0 aliphatic rings. The molecule has 0 amide bonds. The highest BCUT2D eigenvalue weighted by Gasteiger charge is 2.24. The Hall–Kier alpha value is -1.02. The van der Waals surface area contributed by atoms with Crippen molar-refractivity contribution in [2.75, 3.05) is 13.7 Å². The van der Waals surface area contributed by atoms with Crippen LogP contribution in [-0.2, 0) is 6.42 Å². The number of nitrogens with one attached hydrogen (secondary N) is 1. The molecular formula is C17H29NO. The molecule has 0 aromatic heterocycles. The molecule has 0 radical (unpaired) electrons. The Morgan fingerprint density at radius 3 is 2.53 bits per heavy atom. The quantitative estimate of drug-likeness (QED) is 0.804. The molecule has 19 heavy (non-hydrogen) atoms. The summed E-state index contributed by atoms with van der Waals surface area (Å²) in [4.78, 5) is 0. The van der Waals surface area contributed by atoms with Crippen molar-refractivity contribution in [1.29, 1.82) is 0 Å². The molecule has 0 saturated heterocycles. The van der Waals surface area contributed by atoms with Crippen LogP contribution in [-0.4, -0.2) is 19.7 Å². The molecule has 1 N–H and O–H groups in total. The lowest BCUT2D eigenvalue weighted by molar-refractivity contribution is 0.277. The van der Waals surface area contributed by atoms with Crippen molar-refractivity contribution in [3.8, 4) is 5.75 Å². The van der Waals surface area contributed by atoms with Crippen LogP contribution in [0.4, 0.5) is 0 Å². The number of aryl methyl sites for hydroxylation is 1. The van der Waals surface area contributed by atoms with Crippen LogP contribution in [0, 0.1) is 12.3 Å². The van der Waals surface area contributed by atoms with Gasteiger partial charge in [-0.25, -0.2) is 0 Å². The van der Waals surface area contributed by atoms with Gasteiger partial charge in [0, 0.05) is 12.6 Å². The average molecular weight is 263 g/mol. The normalized spacial score (nSPS) is 14.5. The number of ether oxygens (including phenoxy) is 1. The first kappa shape index (κ1) is 16.0. The smallest absolute Gasteiger partial charge is 0.122 e. The van der Waals surface area contributed by atoms with Crippen molar-refractivity contribution < 1.29 is 4.74 Å². The van der Waals surface area contributed by atoms with E-state index < -0.39 is 0 Å². The monoisotopic (exact) mass is 263 g/mol. The summed E-state index contributed by atoms with van der Waals surface area (Å²) in [6, 6.07) is 6.97. The fourth-order valence-electron chi connectivity index (χ4n) is 2.27. The number of hydrogen-bond donors (Lipinski definition) is 1. The Balaban J connectivity index is 2.87. The van der Waals surface area contributed by atoms with Crippen molar-refractivity contribution in [1.82, 2.24) is 5.32 Å². The number of rotatable bonds is 7. The molecule has 1 unspecified atom stereocenters. The van der Waals surface area contributed by atoms with E-state index in [1.165, 1.54) is 11.1 Å². The Kier molecular flexibility index (Phi) is 5.86. The van der Waals surface area contributed by atoms with Gasteiger partial charge in [-0.05, 0) is 36.8 Å². The van der Waals surface area contributed by atoms with Gasteiger partial charge in [-0.2, -0.15) is 0 Å². The molecule has 0 aliphatic heterocycles. The van der Waals surface area contributed by atoms with Gasteiger partial charge in [0.25, 0.3) is 0 Å². The lowest BCUT2D eigenvalue weighted by atomic mass is 9.80. The van der Waals surface area contributed by atoms with E-state index in [1.54, 1.807) is 7.11 Å². The predicted octanol–water partition coefficient (Wildman–Crippen LogP) is 3.96. The summed E-state index contributed by atoms with van der Waals surface area (Å²) < 4.78 is 5.50. The van der Waals surface area contributed by atoms with Gasteiger partial charge in [-0.3, -0.25) is 0 Å². The summed E-state index contributed by atoms with van der Waals surface area (Å²) >= 11 is 0. The Morgan fingerprint density at radius 1 is 1.32 bits per heavy atom. The van der Waals surface area contributed by atoms with E-state index >= 15 is 0 Å². The van der Waals surface area contributed by atoms with Gasteiger partial charge in [0.15, 0.2) is 0 Å². The largest absolute Gasteiger partial charge is 0.496 e. The molecule has 0 spiro atoms. The fraction of sp³-hybridized carbons (Fsp3) is 0.647. The van der Waals surface area contributed by atoms with Crippen LogP contribution in [0.15, 0.2) is 18.2 Å². The Bertz CT molecular complexity index is 400. The SMILES string of the molecule is CCC(C)(CNC(C)C)Cc1cc(C)ccc1OC. The van der Waals surface area contributed by atoms with Crippen LogP contribution in [0.3, 0.4) is 0 Å². The second-order valence-electron chi connectivity index (χ2n) is 6.19. The molecule has 108 valence electrons. The lowest BCUT2D eigenvalue weighted by Crippen LogP contribution is -2.36. The van der Waals surface area contributed by atoms with Crippen LogP contribution in [0.1, 0.15) is 45.2 Å². The molecule has 2 nitrogen and oxygen atoms in total. The van der Waals surface area contributed by atoms with Crippen LogP contribution in [0.2, 0.25) is 0 Å². The molecule has 1 rings (SSSR count). The minimum atomic E-state index is 0.269. The molecule has 0 fully saturated rings. The lowest BCUT2D eigenvalue weighted by Gasteiger charge is -2.30. The third-order valence-electron chi connectivity index (χ3n) is 3.84. The summed E-state index contributed by atoms with van der Waals surface area (Å²) in [5.74, 6) is 1.01. The topological polar surface area (TPSA) is 21.3 Å². The van der Waals surface area contributed by atoms with E-state index in [0.717, 1.165) is 25.1 Å². The number of methoxy groups -OCH3 is 1. The maximum atomic E-state index is 5.50. The Labute approximate surface area is 118 Å². The van der Waals surface area contributed by atoms with E-state index in [9.17, 15) is 0 Å². The highest BCUT2D eigenvalue weighted by Crippen LogP contribution is 2.31. The molecule has 1 atom stereocenters. The third kappa shape index (κ3) is 4.87. The first-order valence-electron chi connectivity index (χ1n) is 7.27. The highest BCUT2D eigenvalue weighted by atomic mass is 16.5. The van der Waals surface area contributed by atoms with Crippen molar-refractivity contribution in [3.05, 3.63) is 29.3 Å². The standard InChI is InChI=1S/C17H29NO/c1-7-17(5,12-18-13(2)3)11-15-10-14(4)8-9-16(15)19-6/h8-10,13,18H,7,11-12H2,1-6H3. The second-order valence-corrected chi connectivity index (χ2v) is 6.19. The van der Waals surface area contributed by atoms with Crippen molar-refractivity contribution in [2.45, 2.75) is 53.5 Å². The van der Waals surface area contributed by atoms with Gasteiger partial charge < -0.3 is 10.1 Å².